The minimum Gasteiger partial charge on any atom is -0.485 e. The summed E-state index contributed by atoms with van der Waals surface area (Å²) in [6.07, 6.45) is 0.190. The molecule has 0 N–H and O–H groups in total. The van der Waals surface area contributed by atoms with Crippen molar-refractivity contribution in [3.8, 4) is 11.5 Å². The maximum Gasteiger partial charge on any atom is 0.187 e. The first-order valence-corrected chi connectivity index (χ1v) is 4.21. The molecular formula is C9H7ClO3. The molecule has 0 aromatic heterocycles. The van der Waals surface area contributed by atoms with Gasteiger partial charge in [-0.15, -0.1) is 0 Å². The van der Waals surface area contributed by atoms with Crippen LogP contribution in [-0.4, -0.2) is 19.0 Å². The fourth-order valence-corrected chi connectivity index (χ4v) is 1.29. The van der Waals surface area contributed by atoms with Crippen molar-refractivity contribution in [3.63, 3.8) is 0 Å². The van der Waals surface area contributed by atoms with E-state index < -0.39 is 6.10 Å². The Balaban J connectivity index is 2.32. The monoisotopic (exact) mass is 198 g/mol. The summed E-state index contributed by atoms with van der Waals surface area (Å²) in [5.74, 6) is 1.15. The Kier molecular flexibility index (Phi) is 2.10. The topological polar surface area (TPSA) is 35.5 Å². The molecule has 1 aromatic rings. The van der Waals surface area contributed by atoms with Gasteiger partial charge in [-0.2, -0.15) is 0 Å². The molecule has 1 aromatic carbocycles. The standard InChI is InChI=1S/C9H7ClO3/c10-6-1-2-8-9(3-6)13-7(4-11)5-12-8/h1-4,7H,5H2. The third-order valence-electron chi connectivity index (χ3n) is 1.74. The molecule has 1 atom stereocenters. The zero-order valence-electron chi connectivity index (χ0n) is 6.70. The number of carbonyl (C=O) groups excluding carboxylic acids is 1. The lowest BCUT2D eigenvalue weighted by Crippen LogP contribution is -2.30. The van der Waals surface area contributed by atoms with Gasteiger partial charge in [-0.05, 0) is 12.1 Å². The summed E-state index contributed by atoms with van der Waals surface area (Å²) < 4.78 is 10.6. The van der Waals surface area contributed by atoms with E-state index in [0.29, 0.717) is 22.8 Å². The minimum absolute atomic E-state index is 0.262. The number of hydrogen-bond acceptors (Lipinski definition) is 3. The largest absolute Gasteiger partial charge is 0.485 e. The Morgan fingerprint density at radius 3 is 3.08 bits per heavy atom. The van der Waals surface area contributed by atoms with Crippen LogP contribution in [0, 0.1) is 0 Å². The fraction of sp³-hybridized carbons (Fsp3) is 0.222. The van der Waals surface area contributed by atoms with Gasteiger partial charge in [0.2, 0.25) is 0 Å². The molecule has 1 heterocycles. The van der Waals surface area contributed by atoms with Crippen LogP contribution in [0.2, 0.25) is 5.02 Å². The first-order chi connectivity index (χ1) is 6.29. The van der Waals surface area contributed by atoms with Gasteiger partial charge in [0.05, 0.1) is 0 Å². The first kappa shape index (κ1) is 8.38. The highest BCUT2D eigenvalue weighted by Crippen LogP contribution is 2.33. The molecule has 68 valence electrons. The van der Waals surface area contributed by atoms with E-state index in [1.165, 1.54) is 0 Å². The van der Waals surface area contributed by atoms with Crippen molar-refractivity contribution in [2.45, 2.75) is 6.10 Å². The summed E-state index contributed by atoms with van der Waals surface area (Å²) in [5.41, 5.74) is 0. The van der Waals surface area contributed by atoms with Gasteiger partial charge in [-0.1, -0.05) is 11.6 Å². The molecular weight excluding hydrogens is 192 g/mol. The maximum atomic E-state index is 10.4. The molecule has 1 aliphatic rings. The Morgan fingerprint density at radius 1 is 1.46 bits per heavy atom. The number of aldehydes is 1. The van der Waals surface area contributed by atoms with Gasteiger partial charge < -0.3 is 9.47 Å². The van der Waals surface area contributed by atoms with Crippen LogP contribution >= 0.6 is 11.6 Å². The average Bonchev–Trinajstić information content (AvgIpc) is 2.16. The van der Waals surface area contributed by atoms with Gasteiger partial charge in [0.1, 0.15) is 6.61 Å². The SMILES string of the molecule is O=CC1COc2ccc(Cl)cc2O1. The van der Waals surface area contributed by atoms with Crippen LogP contribution in [0.1, 0.15) is 0 Å². The van der Waals surface area contributed by atoms with Crippen LogP contribution < -0.4 is 9.47 Å². The normalized spacial score (nSPS) is 19.6. The van der Waals surface area contributed by atoms with Crippen molar-refractivity contribution in [2.24, 2.45) is 0 Å². The van der Waals surface area contributed by atoms with E-state index in [1.807, 2.05) is 0 Å². The summed E-state index contributed by atoms with van der Waals surface area (Å²) in [5, 5.41) is 0.564. The van der Waals surface area contributed by atoms with E-state index in [0.717, 1.165) is 0 Å². The molecule has 0 aliphatic carbocycles. The predicted molar refractivity (Wildman–Crippen MR) is 47.4 cm³/mol. The van der Waals surface area contributed by atoms with Gasteiger partial charge in [0.25, 0.3) is 0 Å². The highest BCUT2D eigenvalue weighted by Gasteiger charge is 2.19. The molecule has 0 spiro atoms. The lowest BCUT2D eigenvalue weighted by Gasteiger charge is -2.22. The van der Waals surface area contributed by atoms with Gasteiger partial charge in [-0.3, -0.25) is 4.79 Å². The summed E-state index contributed by atoms with van der Waals surface area (Å²) in [6.45, 7) is 0.262. The lowest BCUT2D eigenvalue weighted by molar-refractivity contribution is -0.115. The molecule has 0 fully saturated rings. The highest BCUT2D eigenvalue weighted by atomic mass is 35.5. The molecule has 0 saturated heterocycles. The Bertz CT molecular complexity index is 338. The van der Waals surface area contributed by atoms with Crippen LogP contribution in [-0.2, 0) is 4.79 Å². The third kappa shape index (κ3) is 1.60. The first-order valence-electron chi connectivity index (χ1n) is 3.84. The van der Waals surface area contributed by atoms with Crippen molar-refractivity contribution in [2.75, 3.05) is 6.61 Å². The van der Waals surface area contributed by atoms with E-state index in [4.69, 9.17) is 21.1 Å². The second kappa shape index (κ2) is 3.26. The number of fused-ring (bicyclic) bond motifs is 1. The average molecular weight is 199 g/mol. The number of hydrogen-bond donors (Lipinski definition) is 0. The Labute approximate surface area is 80.2 Å². The number of carbonyl (C=O) groups is 1. The van der Waals surface area contributed by atoms with Crippen LogP contribution in [0.4, 0.5) is 0 Å². The van der Waals surface area contributed by atoms with Gasteiger partial charge in [-0.25, -0.2) is 0 Å². The van der Waals surface area contributed by atoms with Crippen molar-refractivity contribution in [1.29, 1.82) is 0 Å². The second-order valence-electron chi connectivity index (χ2n) is 2.69. The van der Waals surface area contributed by atoms with Gasteiger partial charge in [0, 0.05) is 11.1 Å². The number of ether oxygens (including phenoxy) is 2. The summed E-state index contributed by atoms with van der Waals surface area (Å²) in [7, 11) is 0. The quantitative estimate of drug-likeness (QED) is 0.644. The molecule has 1 aliphatic heterocycles. The predicted octanol–water partition coefficient (Wildman–Crippen LogP) is 1.68. The van der Waals surface area contributed by atoms with Crippen LogP contribution in [0.25, 0.3) is 0 Å². The molecule has 13 heavy (non-hydrogen) atoms. The van der Waals surface area contributed by atoms with E-state index in [2.05, 4.69) is 0 Å². The second-order valence-corrected chi connectivity index (χ2v) is 3.13. The minimum atomic E-state index is -0.522. The maximum absolute atomic E-state index is 10.4. The van der Waals surface area contributed by atoms with Gasteiger partial charge in [0.15, 0.2) is 23.9 Å². The number of rotatable bonds is 1. The molecule has 3 nitrogen and oxygen atoms in total. The van der Waals surface area contributed by atoms with E-state index >= 15 is 0 Å². The van der Waals surface area contributed by atoms with Crippen LogP contribution in [0.5, 0.6) is 11.5 Å². The van der Waals surface area contributed by atoms with E-state index in [1.54, 1.807) is 18.2 Å². The number of benzene rings is 1. The third-order valence-corrected chi connectivity index (χ3v) is 1.97. The molecule has 1 unspecified atom stereocenters. The van der Waals surface area contributed by atoms with Crippen LogP contribution in [0.3, 0.4) is 0 Å². The lowest BCUT2D eigenvalue weighted by atomic mass is 10.3. The van der Waals surface area contributed by atoms with Crippen molar-refractivity contribution < 1.29 is 14.3 Å². The smallest absolute Gasteiger partial charge is 0.187 e. The van der Waals surface area contributed by atoms with E-state index in [-0.39, 0.29) is 6.61 Å². The van der Waals surface area contributed by atoms with Crippen molar-refractivity contribution in [1.82, 2.24) is 0 Å². The van der Waals surface area contributed by atoms with E-state index in [9.17, 15) is 4.79 Å². The molecule has 4 heteroatoms. The molecule has 0 saturated carbocycles. The molecule has 0 bridgehead atoms. The highest BCUT2D eigenvalue weighted by molar-refractivity contribution is 6.30. The Morgan fingerprint density at radius 2 is 2.31 bits per heavy atom. The zero-order chi connectivity index (χ0) is 9.26. The Hall–Kier alpha value is -1.22. The fourth-order valence-electron chi connectivity index (χ4n) is 1.13. The van der Waals surface area contributed by atoms with Crippen molar-refractivity contribution in [3.05, 3.63) is 23.2 Å². The van der Waals surface area contributed by atoms with Crippen LogP contribution in [0.15, 0.2) is 18.2 Å². The molecule has 2 rings (SSSR count). The zero-order valence-corrected chi connectivity index (χ0v) is 7.45. The summed E-state index contributed by atoms with van der Waals surface area (Å²) in [6, 6.07) is 5.07. The summed E-state index contributed by atoms with van der Waals surface area (Å²) in [4.78, 5) is 10.4. The molecule has 0 radical (unpaired) electrons. The molecule has 0 amide bonds. The summed E-state index contributed by atoms with van der Waals surface area (Å²) >= 11 is 5.74. The number of halogens is 1. The van der Waals surface area contributed by atoms with Gasteiger partial charge >= 0.3 is 0 Å². The van der Waals surface area contributed by atoms with Crippen molar-refractivity contribution >= 4 is 17.9 Å².